The van der Waals surface area contributed by atoms with Gasteiger partial charge in [-0.3, -0.25) is 0 Å². The fraction of sp³-hybridized carbons (Fsp3) is 0.500. The van der Waals surface area contributed by atoms with E-state index < -0.39 is 45.6 Å². The number of aliphatic carboxylic acids is 2. The van der Waals surface area contributed by atoms with E-state index in [4.69, 9.17) is 30.6 Å². The lowest BCUT2D eigenvalue weighted by Crippen LogP contribution is -2.32. The standard InChI is InChI=1S/C8H10O11S2/c9-1(10)5(15)20-7(17)3(13)19-4(14)8(18)21-6(16)2(11)12/h5-8,15-18H,(H,9,10)(H,11,12). The molecule has 0 aromatic carbocycles. The molecule has 4 atom stereocenters. The molecule has 0 bridgehead atoms. The van der Waals surface area contributed by atoms with E-state index >= 15 is 0 Å². The lowest BCUT2D eigenvalue weighted by molar-refractivity contribution is -0.165. The molecule has 11 nitrogen and oxygen atoms in total. The Hall–Kier alpha value is -1.38. The fourth-order valence-electron chi connectivity index (χ4n) is 0.672. The van der Waals surface area contributed by atoms with E-state index in [-0.39, 0.29) is 23.5 Å². The lowest BCUT2D eigenvalue weighted by atomic mass is 10.6. The van der Waals surface area contributed by atoms with Crippen LogP contribution in [0, 0.1) is 0 Å². The number of esters is 2. The van der Waals surface area contributed by atoms with E-state index in [9.17, 15) is 19.2 Å². The molecule has 0 radical (unpaired) electrons. The number of carboxylic acids is 2. The van der Waals surface area contributed by atoms with Gasteiger partial charge < -0.3 is 35.4 Å². The number of ether oxygens (including phenoxy) is 1. The highest BCUT2D eigenvalue weighted by molar-refractivity contribution is 8.01. The smallest absolute Gasteiger partial charge is 0.353 e. The second kappa shape index (κ2) is 8.81. The van der Waals surface area contributed by atoms with Crippen LogP contribution in [0.4, 0.5) is 0 Å². The molecule has 0 saturated heterocycles. The van der Waals surface area contributed by atoms with Gasteiger partial charge in [-0.05, 0) is 0 Å². The highest BCUT2D eigenvalue weighted by Crippen LogP contribution is 2.18. The second-order valence-corrected chi connectivity index (χ2v) is 5.43. The van der Waals surface area contributed by atoms with Crippen LogP contribution >= 0.6 is 23.5 Å². The third kappa shape index (κ3) is 7.26. The summed E-state index contributed by atoms with van der Waals surface area (Å²) < 4.78 is 3.91. The molecule has 0 aromatic rings. The van der Waals surface area contributed by atoms with Gasteiger partial charge in [-0.2, -0.15) is 0 Å². The SMILES string of the molecule is O=C(O)C(O)SC(O)C(=O)OC(=O)C(O)SC(O)C(=O)O. The highest BCUT2D eigenvalue weighted by atomic mass is 32.2. The Kier molecular flexibility index (Phi) is 8.23. The lowest BCUT2D eigenvalue weighted by Gasteiger charge is -2.13. The molecule has 0 spiro atoms. The molecule has 0 aromatic heterocycles. The predicted molar refractivity (Wildman–Crippen MR) is 65.6 cm³/mol. The van der Waals surface area contributed by atoms with Gasteiger partial charge in [-0.1, -0.05) is 23.5 Å². The van der Waals surface area contributed by atoms with Gasteiger partial charge in [0.15, 0.2) is 0 Å². The molecule has 0 amide bonds. The molecule has 0 aliphatic rings. The molecule has 13 heteroatoms. The number of carboxylic acid groups (broad SMARTS) is 2. The molecule has 21 heavy (non-hydrogen) atoms. The summed E-state index contributed by atoms with van der Waals surface area (Å²) in [5.41, 5.74) is -8.78. The Labute approximate surface area is 124 Å². The van der Waals surface area contributed by atoms with Gasteiger partial charge in [-0.25, -0.2) is 19.2 Å². The van der Waals surface area contributed by atoms with Crippen LogP contribution < -0.4 is 0 Å². The van der Waals surface area contributed by atoms with Crippen molar-refractivity contribution in [1.82, 2.24) is 0 Å². The first-order valence-electron chi connectivity index (χ1n) is 4.80. The van der Waals surface area contributed by atoms with Gasteiger partial charge in [0.2, 0.25) is 21.7 Å². The summed E-state index contributed by atoms with van der Waals surface area (Å²) in [5, 5.41) is 52.5. The molecular weight excluding hydrogens is 336 g/mol. The van der Waals surface area contributed by atoms with Crippen LogP contribution in [0.25, 0.3) is 0 Å². The van der Waals surface area contributed by atoms with Gasteiger partial charge >= 0.3 is 23.9 Å². The van der Waals surface area contributed by atoms with Crippen LogP contribution in [0.15, 0.2) is 0 Å². The van der Waals surface area contributed by atoms with Crippen LogP contribution in [0.1, 0.15) is 0 Å². The van der Waals surface area contributed by atoms with Crippen molar-refractivity contribution in [2.45, 2.75) is 21.7 Å². The summed E-state index contributed by atoms with van der Waals surface area (Å²) in [6.07, 6.45) is 0. The number of thioether (sulfide) groups is 2. The van der Waals surface area contributed by atoms with Gasteiger partial charge in [0.25, 0.3) is 0 Å². The first-order chi connectivity index (χ1) is 9.56. The summed E-state index contributed by atoms with van der Waals surface area (Å²) in [7, 11) is 0. The van der Waals surface area contributed by atoms with E-state index in [1.807, 2.05) is 0 Å². The van der Waals surface area contributed by atoms with Crippen LogP contribution in [0.5, 0.6) is 0 Å². The average Bonchev–Trinajstić information content (AvgIpc) is 2.37. The average molecular weight is 346 g/mol. The number of aliphatic hydroxyl groups excluding tert-OH is 4. The predicted octanol–water partition coefficient (Wildman–Crippen LogP) is -3.03. The van der Waals surface area contributed by atoms with Crippen LogP contribution in [-0.4, -0.2) is 76.3 Å². The largest absolute Gasteiger partial charge is 0.479 e. The van der Waals surface area contributed by atoms with Crippen molar-refractivity contribution >= 4 is 47.4 Å². The van der Waals surface area contributed by atoms with E-state index in [0.29, 0.717) is 0 Å². The molecule has 6 N–H and O–H groups in total. The Morgan fingerprint density at radius 1 is 0.667 bits per heavy atom. The number of carbonyl (C=O) groups excluding carboxylic acids is 2. The fourth-order valence-corrected chi connectivity index (χ4v) is 1.71. The zero-order valence-corrected chi connectivity index (χ0v) is 11.5. The third-order valence-electron chi connectivity index (χ3n) is 1.54. The zero-order valence-electron chi connectivity index (χ0n) is 9.85. The minimum absolute atomic E-state index is 0.159. The van der Waals surface area contributed by atoms with E-state index in [1.165, 1.54) is 0 Å². The summed E-state index contributed by atoms with van der Waals surface area (Å²) >= 11 is -0.318. The molecule has 4 unspecified atom stereocenters. The Morgan fingerprint density at radius 3 is 1.19 bits per heavy atom. The quantitative estimate of drug-likeness (QED) is 0.147. The maximum atomic E-state index is 11.1. The van der Waals surface area contributed by atoms with Crippen molar-refractivity contribution in [2.24, 2.45) is 0 Å². The normalized spacial score (nSPS) is 16.4. The van der Waals surface area contributed by atoms with Gasteiger partial charge in [-0.15, -0.1) is 0 Å². The molecule has 0 rings (SSSR count). The maximum Gasteiger partial charge on any atom is 0.353 e. The molecular formula is C8H10O11S2. The van der Waals surface area contributed by atoms with Crippen molar-refractivity contribution in [3.8, 4) is 0 Å². The number of carbonyl (C=O) groups is 4. The minimum Gasteiger partial charge on any atom is -0.479 e. The molecule has 0 fully saturated rings. The first kappa shape index (κ1) is 19.6. The van der Waals surface area contributed by atoms with Crippen molar-refractivity contribution in [3.63, 3.8) is 0 Å². The Morgan fingerprint density at radius 2 is 0.952 bits per heavy atom. The Bertz CT molecular complexity index is 386. The van der Waals surface area contributed by atoms with E-state index in [0.717, 1.165) is 0 Å². The topological polar surface area (TPSA) is 199 Å². The molecule has 0 heterocycles. The summed E-state index contributed by atoms with van der Waals surface area (Å²) in [6, 6.07) is 0. The molecule has 0 saturated carbocycles. The first-order valence-corrected chi connectivity index (χ1v) is 6.69. The second-order valence-electron chi connectivity index (χ2n) is 3.10. The van der Waals surface area contributed by atoms with Crippen molar-refractivity contribution in [1.29, 1.82) is 0 Å². The number of hydrogen-bond donors (Lipinski definition) is 6. The number of aliphatic hydroxyl groups is 4. The maximum absolute atomic E-state index is 11.1. The molecule has 0 aliphatic heterocycles. The number of rotatable bonds is 8. The number of hydrogen-bond acceptors (Lipinski definition) is 11. The highest BCUT2D eigenvalue weighted by Gasteiger charge is 2.31. The zero-order chi connectivity index (χ0) is 16.7. The Balaban J connectivity index is 4.40. The third-order valence-corrected chi connectivity index (χ3v) is 3.36. The van der Waals surface area contributed by atoms with Crippen molar-refractivity contribution in [2.75, 3.05) is 0 Å². The van der Waals surface area contributed by atoms with Crippen LogP contribution in [0.3, 0.4) is 0 Å². The monoisotopic (exact) mass is 346 g/mol. The molecule has 0 aliphatic carbocycles. The van der Waals surface area contributed by atoms with Gasteiger partial charge in [0.1, 0.15) is 0 Å². The van der Waals surface area contributed by atoms with Crippen molar-refractivity contribution in [3.05, 3.63) is 0 Å². The van der Waals surface area contributed by atoms with Crippen molar-refractivity contribution < 1.29 is 54.6 Å². The van der Waals surface area contributed by atoms with Gasteiger partial charge in [0, 0.05) is 0 Å². The van der Waals surface area contributed by atoms with E-state index in [2.05, 4.69) is 4.74 Å². The van der Waals surface area contributed by atoms with E-state index in [1.54, 1.807) is 0 Å². The molecule has 120 valence electrons. The minimum atomic E-state index is -2.23. The van der Waals surface area contributed by atoms with Crippen LogP contribution in [0.2, 0.25) is 0 Å². The summed E-state index contributed by atoms with van der Waals surface area (Å²) in [4.78, 5) is 42.7. The van der Waals surface area contributed by atoms with Crippen LogP contribution in [-0.2, 0) is 23.9 Å². The summed E-state index contributed by atoms with van der Waals surface area (Å²) in [5.74, 6) is -6.87. The summed E-state index contributed by atoms with van der Waals surface area (Å²) in [6.45, 7) is 0. The van der Waals surface area contributed by atoms with Gasteiger partial charge in [0.05, 0.1) is 0 Å².